The highest BCUT2D eigenvalue weighted by Gasteiger charge is 2.28. The van der Waals surface area contributed by atoms with E-state index < -0.39 is 10.0 Å². The zero-order valence-electron chi connectivity index (χ0n) is 12.2. The van der Waals surface area contributed by atoms with Gasteiger partial charge in [0, 0.05) is 25.3 Å². The smallest absolute Gasteiger partial charge is 0.244 e. The molecule has 0 radical (unpaired) electrons. The van der Waals surface area contributed by atoms with Gasteiger partial charge < -0.3 is 4.90 Å². The fourth-order valence-corrected chi connectivity index (χ4v) is 3.65. The maximum Gasteiger partial charge on any atom is 0.244 e. The Hall–Kier alpha value is -1.49. The summed E-state index contributed by atoms with van der Waals surface area (Å²) in [6.07, 6.45) is 1.24. The normalized spacial score (nSPS) is 13.4. The van der Waals surface area contributed by atoms with E-state index in [1.807, 2.05) is 32.0 Å². The lowest BCUT2D eigenvalue weighted by molar-refractivity contribution is 0.271. The molecule has 0 fully saturated rings. The van der Waals surface area contributed by atoms with Crippen LogP contribution in [0.1, 0.15) is 19.5 Å². The number of hydrogen-bond acceptors (Lipinski definition) is 5. The quantitative estimate of drug-likeness (QED) is 0.780. The van der Waals surface area contributed by atoms with Gasteiger partial charge in [0.15, 0.2) is 0 Å². The van der Waals surface area contributed by atoms with Crippen LogP contribution < -0.4 is 0 Å². The van der Waals surface area contributed by atoms with Crippen LogP contribution in [-0.2, 0) is 10.0 Å². The number of rotatable bonds is 6. The average molecular weight is 296 g/mol. The first-order chi connectivity index (χ1) is 9.32. The summed E-state index contributed by atoms with van der Waals surface area (Å²) in [5, 5.41) is 8.70. The molecule has 0 spiro atoms. The highest BCUT2D eigenvalue weighted by Crippen LogP contribution is 2.17. The van der Waals surface area contributed by atoms with Crippen molar-refractivity contribution in [3.05, 3.63) is 24.0 Å². The molecule has 1 aromatic heterocycles. The van der Waals surface area contributed by atoms with E-state index in [4.69, 9.17) is 5.26 Å². The van der Waals surface area contributed by atoms with E-state index in [-0.39, 0.29) is 16.6 Å². The SMILES string of the molecule is CCN(C(C)CN(C)C)S(=O)(=O)c1ccc(C#N)nc1. The third-order valence-corrected chi connectivity index (χ3v) is 4.96. The first-order valence-electron chi connectivity index (χ1n) is 6.35. The standard InChI is InChI=1S/C13H20N4O2S/c1-5-17(11(2)10-16(3)4)20(18,19)13-7-6-12(8-14)15-9-13/h6-7,9,11H,5,10H2,1-4H3. The van der Waals surface area contributed by atoms with E-state index in [1.165, 1.54) is 22.6 Å². The van der Waals surface area contributed by atoms with Crippen molar-refractivity contribution in [2.24, 2.45) is 0 Å². The van der Waals surface area contributed by atoms with Crippen LogP contribution in [-0.4, -0.2) is 55.8 Å². The molecular formula is C13H20N4O2S. The van der Waals surface area contributed by atoms with Gasteiger partial charge >= 0.3 is 0 Å². The molecule has 0 amide bonds. The fourth-order valence-electron chi connectivity index (χ4n) is 2.07. The van der Waals surface area contributed by atoms with Gasteiger partial charge in [0.2, 0.25) is 10.0 Å². The Morgan fingerprint density at radius 2 is 2.05 bits per heavy atom. The zero-order chi connectivity index (χ0) is 15.3. The molecule has 1 atom stereocenters. The average Bonchev–Trinajstić information content (AvgIpc) is 2.38. The molecule has 0 saturated heterocycles. The van der Waals surface area contributed by atoms with Crippen LogP contribution in [0.15, 0.2) is 23.2 Å². The lowest BCUT2D eigenvalue weighted by Crippen LogP contribution is -2.43. The van der Waals surface area contributed by atoms with Gasteiger partial charge in [-0.1, -0.05) is 6.92 Å². The van der Waals surface area contributed by atoms with Crippen molar-refractivity contribution in [2.75, 3.05) is 27.2 Å². The number of pyridine rings is 1. The number of aromatic nitrogens is 1. The van der Waals surface area contributed by atoms with Gasteiger partial charge in [0.1, 0.15) is 16.7 Å². The van der Waals surface area contributed by atoms with Crippen molar-refractivity contribution in [1.82, 2.24) is 14.2 Å². The molecule has 0 saturated carbocycles. The Morgan fingerprint density at radius 3 is 2.45 bits per heavy atom. The van der Waals surface area contributed by atoms with Crippen LogP contribution in [0, 0.1) is 11.3 Å². The predicted octanol–water partition coefficient (Wildman–Crippen LogP) is 0.914. The largest absolute Gasteiger partial charge is 0.308 e. The third kappa shape index (κ3) is 3.76. The summed E-state index contributed by atoms with van der Waals surface area (Å²) < 4.78 is 26.6. The molecule has 0 bridgehead atoms. The third-order valence-electron chi connectivity index (χ3n) is 2.89. The summed E-state index contributed by atoms with van der Waals surface area (Å²) in [4.78, 5) is 5.88. The molecule has 7 heteroatoms. The molecule has 0 aliphatic rings. The second kappa shape index (κ2) is 6.79. The van der Waals surface area contributed by atoms with Crippen LogP contribution in [0.4, 0.5) is 0 Å². The van der Waals surface area contributed by atoms with E-state index >= 15 is 0 Å². The molecular weight excluding hydrogens is 276 g/mol. The topological polar surface area (TPSA) is 77.3 Å². The Balaban J connectivity index is 3.08. The number of hydrogen-bond donors (Lipinski definition) is 0. The summed E-state index contributed by atoms with van der Waals surface area (Å²) >= 11 is 0. The van der Waals surface area contributed by atoms with Crippen molar-refractivity contribution in [3.63, 3.8) is 0 Å². The van der Waals surface area contributed by atoms with Crippen molar-refractivity contribution in [2.45, 2.75) is 24.8 Å². The molecule has 1 rings (SSSR count). The maximum atomic E-state index is 12.6. The van der Waals surface area contributed by atoms with E-state index in [1.54, 1.807) is 6.92 Å². The molecule has 0 N–H and O–H groups in total. The van der Waals surface area contributed by atoms with Crippen molar-refractivity contribution in [1.29, 1.82) is 5.26 Å². The fraction of sp³-hybridized carbons (Fsp3) is 0.538. The monoisotopic (exact) mass is 296 g/mol. The summed E-state index contributed by atoms with van der Waals surface area (Å²) in [5.74, 6) is 0. The van der Waals surface area contributed by atoms with Crippen molar-refractivity contribution >= 4 is 10.0 Å². The minimum atomic E-state index is -3.59. The Bertz CT molecular complexity index is 575. The minimum Gasteiger partial charge on any atom is -0.308 e. The number of likely N-dealkylation sites (N-methyl/N-ethyl adjacent to an activating group) is 2. The summed E-state index contributed by atoms with van der Waals surface area (Å²) in [6.45, 7) is 4.70. The first kappa shape index (κ1) is 16.6. The molecule has 1 aromatic rings. The van der Waals surface area contributed by atoms with Gasteiger partial charge in [-0.15, -0.1) is 0 Å². The summed E-state index contributed by atoms with van der Waals surface area (Å²) in [7, 11) is 0.220. The lowest BCUT2D eigenvalue weighted by atomic mass is 10.3. The van der Waals surface area contributed by atoms with Gasteiger partial charge in [-0.05, 0) is 33.2 Å². The van der Waals surface area contributed by atoms with Crippen LogP contribution in [0.5, 0.6) is 0 Å². The molecule has 1 heterocycles. The van der Waals surface area contributed by atoms with Gasteiger partial charge in [0.05, 0.1) is 0 Å². The number of sulfonamides is 1. The molecule has 20 heavy (non-hydrogen) atoms. The van der Waals surface area contributed by atoms with Gasteiger partial charge in [0.25, 0.3) is 0 Å². The van der Waals surface area contributed by atoms with Crippen LogP contribution in [0.25, 0.3) is 0 Å². The Kier molecular flexibility index (Phi) is 5.62. The number of nitriles is 1. The summed E-state index contributed by atoms with van der Waals surface area (Å²) in [6, 6.07) is 4.57. The lowest BCUT2D eigenvalue weighted by Gasteiger charge is -2.29. The van der Waals surface area contributed by atoms with Crippen LogP contribution in [0.3, 0.4) is 0 Å². The van der Waals surface area contributed by atoms with Gasteiger partial charge in [-0.3, -0.25) is 0 Å². The minimum absolute atomic E-state index is 0.115. The van der Waals surface area contributed by atoms with E-state index in [0.29, 0.717) is 13.1 Å². The summed E-state index contributed by atoms with van der Waals surface area (Å²) in [5.41, 5.74) is 0.202. The van der Waals surface area contributed by atoms with Crippen molar-refractivity contribution < 1.29 is 8.42 Å². The Morgan fingerprint density at radius 1 is 1.40 bits per heavy atom. The maximum absolute atomic E-state index is 12.6. The Labute approximate surface area is 120 Å². The molecule has 6 nitrogen and oxygen atoms in total. The molecule has 0 aromatic carbocycles. The van der Waals surface area contributed by atoms with E-state index in [2.05, 4.69) is 4.98 Å². The highest BCUT2D eigenvalue weighted by molar-refractivity contribution is 7.89. The second-order valence-corrected chi connectivity index (χ2v) is 6.70. The van der Waals surface area contributed by atoms with Crippen LogP contribution in [0.2, 0.25) is 0 Å². The molecule has 0 aliphatic heterocycles. The van der Waals surface area contributed by atoms with E-state index in [9.17, 15) is 8.42 Å². The molecule has 0 aliphatic carbocycles. The zero-order valence-corrected chi connectivity index (χ0v) is 13.1. The second-order valence-electron chi connectivity index (χ2n) is 4.81. The molecule has 1 unspecified atom stereocenters. The highest BCUT2D eigenvalue weighted by atomic mass is 32.2. The first-order valence-corrected chi connectivity index (χ1v) is 7.79. The van der Waals surface area contributed by atoms with Gasteiger partial charge in [-0.25, -0.2) is 13.4 Å². The van der Waals surface area contributed by atoms with Crippen molar-refractivity contribution in [3.8, 4) is 6.07 Å². The van der Waals surface area contributed by atoms with Gasteiger partial charge in [-0.2, -0.15) is 9.57 Å². The van der Waals surface area contributed by atoms with Crippen LogP contribution >= 0.6 is 0 Å². The molecule has 110 valence electrons. The number of nitrogens with zero attached hydrogens (tertiary/aromatic N) is 4. The van der Waals surface area contributed by atoms with E-state index in [0.717, 1.165) is 0 Å². The predicted molar refractivity (Wildman–Crippen MR) is 76.5 cm³/mol.